The second-order valence-electron chi connectivity index (χ2n) is 7.04. The minimum Gasteiger partial charge on any atom is -0.406 e. The summed E-state index contributed by atoms with van der Waals surface area (Å²) in [7, 11) is 0. The third-order valence-corrected chi connectivity index (χ3v) is 3.99. The number of rotatable bonds is 6. The van der Waals surface area contributed by atoms with Gasteiger partial charge in [0.25, 0.3) is 0 Å². The number of nitrogens with one attached hydrogen (secondary N) is 2. The highest BCUT2D eigenvalue weighted by Crippen LogP contribution is 2.32. The first kappa shape index (κ1) is 23.2. The summed E-state index contributed by atoms with van der Waals surface area (Å²) in [5.41, 5.74) is 0.156. The van der Waals surface area contributed by atoms with E-state index in [-0.39, 0.29) is 23.5 Å². The fourth-order valence-electron chi connectivity index (χ4n) is 2.72. The fraction of sp³-hybridized carbons (Fsp3) is 0.238. The molecule has 0 spiro atoms. The average Bonchev–Trinajstić information content (AvgIpc) is 2.66. The molecule has 11 heteroatoms. The molecular weight excluding hydrogens is 438 g/mol. The lowest BCUT2D eigenvalue weighted by Gasteiger charge is -2.14. The van der Waals surface area contributed by atoms with Crippen molar-refractivity contribution in [2.75, 3.05) is 10.6 Å². The highest BCUT2D eigenvalue weighted by molar-refractivity contribution is 5.68. The van der Waals surface area contributed by atoms with E-state index in [2.05, 4.69) is 25.3 Å². The minimum atomic E-state index is -4.84. The molecule has 0 bridgehead atoms. The minimum absolute atomic E-state index is 0.0518. The lowest BCUT2D eigenvalue weighted by atomic mass is 10.1. The van der Waals surface area contributed by atoms with E-state index in [4.69, 9.17) is 0 Å². The standard InChI is InChI=1S/C21H18F6N4O/c1-12(2)28-19-30-17(13-4-3-5-16(10-13)32-21(25,26)27)11-18(31-19)29-15-8-6-14(7-9-15)20(22,23)24/h3-12H,1-2H3,(H2,28,29,30,31). The molecule has 5 nitrogen and oxygen atoms in total. The molecule has 0 saturated carbocycles. The Morgan fingerprint density at radius 2 is 1.56 bits per heavy atom. The summed E-state index contributed by atoms with van der Waals surface area (Å²) < 4.78 is 79.9. The largest absolute Gasteiger partial charge is 0.573 e. The second-order valence-corrected chi connectivity index (χ2v) is 7.04. The number of hydrogen-bond acceptors (Lipinski definition) is 5. The summed E-state index contributed by atoms with van der Waals surface area (Å²) in [6, 6.07) is 11.0. The van der Waals surface area contributed by atoms with Crippen LogP contribution in [0.25, 0.3) is 11.3 Å². The Kier molecular flexibility index (Phi) is 6.47. The van der Waals surface area contributed by atoms with E-state index in [1.54, 1.807) is 6.07 Å². The van der Waals surface area contributed by atoms with Gasteiger partial charge in [-0.15, -0.1) is 13.2 Å². The van der Waals surface area contributed by atoms with Crippen molar-refractivity contribution < 1.29 is 31.1 Å². The SMILES string of the molecule is CC(C)Nc1nc(Nc2ccc(C(F)(F)F)cc2)cc(-c2cccc(OC(F)(F)F)c2)n1. The van der Waals surface area contributed by atoms with Crippen molar-refractivity contribution in [3.63, 3.8) is 0 Å². The van der Waals surface area contributed by atoms with Crippen molar-refractivity contribution in [1.29, 1.82) is 0 Å². The summed E-state index contributed by atoms with van der Waals surface area (Å²) in [6.45, 7) is 3.69. The van der Waals surface area contributed by atoms with Gasteiger partial charge in [0.2, 0.25) is 5.95 Å². The molecule has 0 unspecified atom stereocenters. The van der Waals surface area contributed by atoms with E-state index in [0.717, 1.165) is 18.2 Å². The van der Waals surface area contributed by atoms with Crippen LogP contribution in [-0.4, -0.2) is 22.4 Å². The molecule has 3 aromatic rings. The van der Waals surface area contributed by atoms with Gasteiger partial charge in [-0.2, -0.15) is 18.2 Å². The maximum Gasteiger partial charge on any atom is 0.573 e. The lowest BCUT2D eigenvalue weighted by molar-refractivity contribution is -0.274. The summed E-state index contributed by atoms with van der Waals surface area (Å²) in [6.07, 6.45) is -9.30. The fourth-order valence-corrected chi connectivity index (χ4v) is 2.72. The second kappa shape index (κ2) is 8.93. The summed E-state index contributed by atoms with van der Waals surface area (Å²) in [5.74, 6) is 0.0123. The monoisotopic (exact) mass is 456 g/mol. The van der Waals surface area contributed by atoms with Gasteiger partial charge in [0.1, 0.15) is 11.6 Å². The molecule has 1 heterocycles. The van der Waals surface area contributed by atoms with Gasteiger partial charge in [0, 0.05) is 23.4 Å². The van der Waals surface area contributed by atoms with Crippen LogP contribution in [0.15, 0.2) is 54.6 Å². The van der Waals surface area contributed by atoms with Crippen LogP contribution in [-0.2, 0) is 6.18 Å². The van der Waals surface area contributed by atoms with Gasteiger partial charge in [-0.05, 0) is 50.2 Å². The zero-order valence-corrected chi connectivity index (χ0v) is 16.8. The zero-order chi connectivity index (χ0) is 23.5. The van der Waals surface area contributed by atoms with Crippen molar-refractivity contribution >= 4 is 17.5 Å². The molecule has 32 heavy (non-hydrogen) atoms. The highest BCUT2D eigenvalue weighted by atomic mass is 19.4. The van der Waals surface area contributed by atoms with Crippen molar-refractivity contribution in [3.05, 3.63) is 60.2 Å². The Morgan fingerprint density at radius 1 is 0.875 bits per heavy atom. The Balaban J connectivity index is 1.94. The first-order valence-electron chi connectivity index (χ1n) is 9.35. The molecule has 0 saturated heterocycles. The molecule has 0 atom stereocenters. The lowest BCUT2D eigenvalue weighted by Crippen LogP contribution is -2.17. The number of anilines is 3. The predicted octanol–water partition coefficient (Wildman–Crippen LogP) is 6.62. The van der Waals surface area contributed by atoms with Gasteiger partial charge in [-0.1, -0.05) is 12.1 Å². The van der Waals surface area contributed by atoms with Crippen LogP contribution in [0.5, 0.6) is 5.75 Å². The van der Waals surface area contributed by atoms with Gasteiger partial charge >= 0.3 is 12.5 Å². The Hall–Kier alpha value is -3.50. The maximum absolute atomic E-state index is 12.8. The Morgan fingerprint density at radius 3 is 2.16 bits per heavy atom. The molecule has 0 aliphatic heterocycles. The zero-order valence-electron chi connectivity index (χ0n) is 16.8. The Bertz CT molecular complexity index is 1070. The van der Waals surface area contributed by atoms with Crippen molar-refractivity contribution in [1.82, 2.24) is 9.97 Å². The predicted molar refractivity (Wildman–Crippen MR) is 108 cm³/mol. The smallest absolute Gasteiger partial charge is 0.406 e. The third-order valence-electron chi connectivity index (χ3n) is 3.99. The van der Waals surface area contributed by atoms with Crippen LogP contribution < -0.4 is 15.4 Å². The molecule has 3 rings (SSSR count). The van der Waals surface area contributed by atoms with Crippen LogP contribution in [0.1, 0.15) is 19.4 Å². The van der Waals surface area contributed by atoms with Crippen molar-refractivity contribution in [2.45, 2.75) is 32.4 Å². The first-order valence-corrected chi connectivity index (χ1v) is 9.35. The number of benzene rings is 2. The van der Waals surface area contributed by atoms with E-state index in [0.29, 0.717) is 11.3 Å². The molecule has 0 aliphatic rings. The van der Waals surface area contributed by atoms with Gasteiger partial charge in [-0.3, -0.25) is 0 Å². The summed E-state index contributed by atoms with van der Waals surface area (Å²) in [4.78, 5) is 8.60. The third kappa shape index (κ3) is 6.50. The number of aromatic nitrogens is 2. The summed E-state index contributed by atoms with van der Waals surface area (Å²) in [5, 5.41) is 5.89. The van der Waals surface area contributed by atoms with E-state index in [1.165, 1.54) is 30.3 Å². The molecule has 1 aromatic heterocycles. The molecular formula is C21H18F6N4O. The molecule has 2 N–H and O–H groups in total. The molecule has 0 radical (unpaired) electrons. The number of nitrogens with zero attached hydrogens (tertiary/aromatic N) is 2. The van der Waals surface area contributed by atoms with Crippen molar-refractivity contribution in [2.24, 2.45) is 0 Å². The topological polar surface area (TPSA) is 59.1 Å². The van der Waals surface area contributed by atoms with Crippen LogP contribution >= 0.6 is 0 Å². The van der Waals surface area contributed by atoms with Crippen molar-refractivity contribution in [3.8, 4) is 17.0 Å². The van der Waals surface area contributed by atoms with E-state index >= 15 is 0 Å². The molecule has 0 amide bonds. The van der Waals surface area contributed by atoms with Crippen LogP contribution in [0, 0.1) is 0 Å². The number of ether oxygens (including phenoxy) is 1. The average molecular weight is 456 g/mol. The number of alkyl halides is 6. The van der Waals surface area contributed by atoms with Gasteiger partial charge in [0.15, 0.2) is 0 Å². The van der Waals surface area contributed by atoms with Crippen LogP contribution in [0.2, 0.25) is 0 Å². The molecule has 0 fully saturated rings. The number of hydrogen-bond donors (Lipinski definition) is 2. The normalized spacial score (nSPS) is 12.0. The van der Waals surface area contributed by atoms with E-state index in [1.807, 2.05) is 13.8 Å². The summed E-state index contributed by atoms with van der Waals surface area (Å²) >= 11 is 0. The highest BCUT2D eigenvalue weighted by Gasteiger charge is 2.31. The van der Waals surface area contributed by atoms with E-state index in [9.17, 15) is 26.3 Å². The van der Waals surface area contributed by atoms with Crippen LogP contribution in [0.3, 0.4) is 0 Å². The van der Waals surface area contributed by atoms with E-state index < -0.39 is 23.9 Å². The quantitative estimate of drug-likeness (QED) is 0.408. The molecule has 2 aromatic carbocycles. The Labute approximate surface area is 179 Å². The number of halogens is 6. The maximum atomic E-state index is 12.8. The first-order chi connectivity index (χ1) is 14.9. The molecule has 0 aliphatic carbocycles. The van der Waals surface area contributed by atoms with Gasteiger partial charge in [-0.25, -0.2) is 4.98 Å². The van der Waals surface area contributed by atoms with Crippen LogP contribution in [0.4, 0.5) is 43.8 Å². The molecule has 170 valence electrons. The van der Waals surface area contributed by atoms with Gasteiger partial charge in [0.05, 0.1) is 11.3 Å². The van der Waals surface area contributed by atoms with Gasteiger partial charge < -0.3 is 15.4 Å².